The van der Waals surface area contributed by atoms with Gasteiger partial charge in [-0.05, 0) is 12.1 Å². The molecule has 2 rings (SSSR count). The minimum absolute atomic E-state index is 0.0672. The fraction of sp³-hybridized carbons (Fsp3) is 0.250. The summed E-state index contributed by atoms with van der Waals surface area (Å²) in [4.78, 5) is 14.3. The molecule has 0 saturated heterocycles. The molecule has 2 aromatic rings. The van der Waals surface area contributed by atoms with Gasteiger partial charge in [0, 0.05) is 12.5 Å². The third-order valence-corrected chi connectivity index (χ3v) is 2.62. The highest BCUT2D eigenvalue weighted by Crippen LogP contribution is 2.27. The molecule has 0 bridgehead atoms. The molecule has 1 aromatic carbocycles. The van der Waals surface area contributed by atoms with Crippen molar-refractivity contribution in [1.82, 2.24) is 4.98 Å². The van der Waals surface area contributed by atoms with Crippen LogP contribution in [0, 0.1) is 11.6 Å². The van der Waals surface area contributed by atoms with Gasteiger partial charge in [-0.3, -0.25) is 0 Å². The summed E-state index contributed by atoms with van der Waals surface area (Å²) in [6.45, 7) is 0.0696. The number of H-pyrrole nitrogens is 1. The van der Waals surface area contributed by atoms with Crippen molar-refractivity contribution < 1.29 is 23.0 Å². The van der Waals surface area contributed by atoms with E-state index in [1.165, 1.54) is 20.3 Å². The van der Waals surface area contributed by atoms with Gasteiger partial charge in [-0.25, -0.2) is 13.6 Å². The number of esters is 1. The summed E-state index contributed by atoms with van der Waals surface area (Å²) < 4.78 is 36.3. The highest BCUT2D eigenvalue weighted by atomic mass is 19.2. The second kappa shape index (κ2) is 4.73. The molecule has 0 amide bonds. The lowest BCUT2D eigenvalue weighted by atomic mass is 10.1. The van der Waals surface area contributed by atoms with Crippen LogP contribution in [-0.2, 0) is 16.1 Å². The number of hydrogen-bond acceptors (Lipinski definition) is 3. The molecular weight excluding hydrogens is 244 g/mol. The first-order chi connectivity index (χ1) is 8.60. The standard InChI is InChI=1S/C12H11F2NO3/c1-17-5-8-9(12(16)18-2)6-3-4-7(13)10(14)11(6)15-8/h3-4,15H,5H2,1-2H3. The van der Waals surface area contributed by atoms with Crippen LogP contribution in [0.3, 0.4) is 0 Å². The molecule has 6 heteroatoms. The van der Waals surface area contributed by atoms with Gasteiger partial charge in [0.1, 0.15) is 0 Å². The number of aromatic amines is 1. The van der Waals surface area contributed by atoms with Crippen molar-refractivity contribution in [2.24, 2.45) is 0 Å². The Hall–Kier alpha value is -1.95. The van der Waals surface area contributed by atoms with Gasteiger partial charge in [-0.2, -0.15) is 0 Å². The van der Waals surface area contributed by atoms with Crippen LogP contribution in [0.5, 0.6) is 0 Å². The Bertz CT molecular complexity index is 607. The number of nitrogens with one attached hydrogen (secondary N) is 1. The Morgan fingerprint density at radius 1 is 1.33 bits per heavy atom. The van der Waals surface area contributed by atoms with Crippen LogP contribution < -0.4 is 0 Å². The molecule has 0 aliphatic carbocycles. The lowest BCUT2D eigenvalue weighted by Crippen LogP contribution is -2.05. The molecular formula is C12H11F2NO3. The Balaban J connectivity index is 2.75. The van der Waals surface area contributed by atoms with Gasteiger partial charge >= 0.3 is 5.97 Å². The smallest absolute Gasteiger partial charge is 0.340 e. The van der Waals surface area contributed by atoms with Crippen molar-refractivity contribution in [3.63, 3.8) is 0 Å². The molecule has 0 radical (unpaired) electrons. The molecule has 0 spiro atoms. The molecule has 0 aliphatic heterocycles. The van der Waals surface area contributed by atoms with Crippen LogP contribution in [0.1, 0.15) is 16.1 Å². The molecule has 18 heavy (non-hydrogen) atoms. The molecule has 0 unspecified atom stereocenters. The highest BCUT2D eigenvalue weighted by molar-refractivity contribution is 6.05. The van der Waals surface area contributed by atoms with Gasteiger partial charge < -0.3 is 14.5 Å². The zero-order valence-corrected chi connectivity index (χ0v) is 9.84. The number of ether oxygens (including phenoxy) is 2. The normalized spacial score (nSPS) is 10.9. The average molecular weight is 255 g/mol. The van der Waals surface area contributed by atoms with E-state index in [1.807, 2.05) is 0 Å². The van der Waals surface area contributed by atoms with Crippen molar-refractivity contribution >= 4 is 16.9 Å². The van der Waals surface area contributed by atoms with E-state index < -0.39 is 17.6 Å². The van der Waals surface area contributed by atoms with Crippen molar-refractivity contribution in [3.05, 3.63) is 35.0 Å². The Morgan fingerprint density at radius 3 is 2.67 bits per heavy atom. The quantitative estimate of drug-likeness (QED) is 0.857. The fourth-order valence-electron chi connectivity index (χ4n) is 1.84. The fourth-order valence-corrected chi connectivity index (χ4v) is 1.84. The number of methoxy groups -OCH3 is 2. The van der Waals surface area contributed by atoms with Gasteiger partial charge in [0.25, 0.3) is 0 Å². The van der Waals surface area contributed by atoms with Crippen LogP contribution in [-0.4, -0.2) is 25.2 Å². The Morgan fingerprint density at radius 2 is 2.06 bits per heavy atom. The van der Waals surface area contributed by atoms with Crippen LogP contribution >= 0.6 is 0 Å². The van der Waals surface area contributed by atoms with Crippen molar-refractivity contribution in [1.29, 1.82) is 0 Å². The van der Waals surface area contributed by atoms with Gasteiger partial charge in [0.15, 0.2) is 11.6 Å². The first-order valence-electron chi connectivity index (χ1n) is 5.16. The van der Waals surface area contributed by atoms with Crippen LogP contribution in [0.4, 0.5) is 8.78 Å². The number of halogens is 2. The summed E-state index contributed by atoms with van der Waals surface area (Å²) in [5.41, 5.74) is 0.444. The molecule has 1 heterocycles. The summed E-state index contributed by atoms with van der Waals surface area (Å²) >= 11 is 0. The van der Waals surface area contributed by atoms with E-state index in [2.05, 4.69) is 9.72 Å². The maximum absolute atomic E-state index is 13.6. The molecule has 0 saturated carbocycles. The largest absolute Gasteiger partial charge is 0.465 e. The Kier molecular flexibility index (Phi) is 3.29. The van der Waals surface area contributed by atoms with E-state index in [1.54, 1.807) is 0 Å². The number of fused-ring (bicyclic) bond motifs is 1. The van der Waals surface area contributed by atoms with Crippen molar-refractivity contribution in [2.75, 3.05) is 14.2 Å². The van der Waals surface area contributed by atoms with E-state index in [0.717, 1.165) is 6.07 Å². The number of carbonyl (C=O) groups excluding carboxylic acids is 1. The van der Waals surface area contributed by atoms with E-state index >= 15 is 0 Å². The van der Waals surface area contributed by atoms with E-state index in [4.69, 9.17) is 4.74 Å². The molecule has 96 valence electrons. The zero-order chi connectivity index (χ0) is 13.3. The molecule has 0 atom stereocenters. The van der Waals surface area contributed by atoms with Gasteiger partial charge in [0.2, 0.25) is 0 Å². The van der Waals surface area contributed by atoms with E-state index in [0.29, 0.717) is 5.69 Å². The van der Waals surface area contributed by atoms with Gasteiger partial charge in [0.05, 0.1) is 30.5 Å². The van der Waals surface area contributed by atoms with E-state index in [9.17, 15) is 13.6 Å². The van der Waals surface area contributed by atoms with Crippen molar-refractivity contribution in [3.8, 4) is 0 Å². The number of aromatic nitrogens is 1. The SMILES string of the molecule is COCc1[nH]c2c(F)c(F)ccc2c1C(=O)OC. The summed E-state index contributed by atoms with van der Waals surface area (Å²) in [7, 11) is 2.65. The molecule has 0 aliphatic rings. The summed E-state index contributed by atoms with van der Waals surface area (Å²) in [5, 5.41) is 0.271. The lowest BCUT2D eigenvalue weighted by Gasteiger charge is -2.01. The molecule has 0 fully saturated rings. The predicted molar refractivity (Wildman–Crippen MR) is 60.3 cm³/mol. The third-order valence-electron chi connectivity index (χ3n) is 2.62. The predicted octanol–water partition coefficient (Wildman–Crippen LogP) is 2.38. The minimum Gasteiger partial charge on any atom is -0.465 e. The highest BCUT2D eigenvalue weighted by Gasteiger charge is 2.22. The molecule has 4 nitrogen and oxygen atoms in total. The zero-order valence-electron chi connectivity index (χ0n) is 9.84. The minimum atomic E-state index is -1.03. The average Bonchev–Trinajstić information content (AvgIpc) is 2.72. The van der Waals surface area contributed by atoms with E-state index in [-0.39, 0.29) is 23.1 Å². The lowest BCUT2D eigenvalue weighted by molar-refractivity contribution is 0.0598. The first kappa shape index (κ1) is 12.5. The van der Waals surface area contributed by atoms with Crippen LogP contribution in [0.2, 0.25) is 0 Å². The first-order valence-corrected chi connectivity index (χ1v) is 5.16. The van der Waals surface area contributed by atoms with Gasteiger partial charge in [-0.1, -0.05) is 0 Å². The van der Waals surface area contributed by atoms with Gasteiger partial charge in [-0.15, -0.1) is 0 Å². The third kappa shape index (κ3) is 1.84. The van der Waals surface area contributed by atoms with Crippen LogP contribution in [0.25, 0.3) is 10.9 Å². The number of carbonyl (C=O) groups is 1. The summed E-state index contributed by atoms with van der Waals surface area (Å²) in [6.07, 6.45) is 0. The van der Waals surface area contributed by atoms with Crippen molar-refractivity contribution in [2.45, 2.75) is 6.61 Å². The maximum atomic E-state index is 13.6. The number of rotatable bonds is 3. The molecule has 1 N–H and O–H groups in total. The summed E-state index contributed by atoms with van der Waals surface area (Å²) in [5.74, 6) is -2.64. The second-order valence-electron chi connectivity index (χ2n) is 3.69. The number of hydrogen-bond donors (Lipinski definition) is 1. The Labute approximate surface area is 102 Å². The summed E-state index contributed by atoms with van der Waals surface area (Å²) in [6, 6.07) is 2.30. The second-order valence-corrected chi connectivity index (χ2v) is 3.69. The monoisotopic (exact) mass is 255 g/mol. The maximum Gasteiger partial charge on any atom is 0.340 e. The van der Waals surface area contributed by atoms with Crippen LogP contribution in [0.15, 0.2) is 12.1 Å². The molecule has 1 aromatic heterocycles. The topological polar surface area (TPSA) is 51.3 Å². The number of benzene rings is 1.